The molecule has 60 valence electrons. The van der Waals surface area contributed by atoms with Gasteiger partial charge < -0.3 is 10.8 Å². The van der Waals surface area contributed by atoms with Gasteiger partial charge in [0, 0.05) is 11.6 Å². The van der Waals surface area contributed by atoms with E-state index in [4.69, 9.17) is 10.8 Å². The number of primary amides is 1. The zero-order valence-electron chi connectivity index (χ0n) is 5.91. The number of carboxylic acids is 1. The lowest BCUT2D eigenvalue weighted by Gasteiger charge is -1.92. The Labute approximate surface area is 64.0 Å². The average molecular weight is 155 g/mol. The molecule has 0 rings (SSSR count). The molecule has 0 spiro atoms. The van der Waals surface area contributed by atoms with Crippen LogP contribution in [0.2, 0.25) is 0 Å². The summed E-state index contributed by atoms with van der Waals surface area (Å²) in [5.74, 6) is -1.66. The maximum Gasteiger partial charge on any atom is 0.327 e. The third-order valence-corrected chi connectivity index (χ3v) is 0.973. The molecule has 0 radical (unpaired) electrons. The highest BCUT2D eigenvalue weighted by Gasteiger charge is 1.97. The molecule has 4 heteroatoms. The maximum atomic E-state index is 10.3. The fraction of sp³-hybridized carbons (Fsp3) is 0.143. The molecule has 0 heterocycles. The molecule has 0 aromatic heterocycles. The number of hydrogen-bond donors (Lipinski definition) is 2. The average Bonchev–Trinajstić information content (AvgIpc) is 1.86. The molecule has 0 unspecified atom stereocenters. The van der Waals surface area contributed by atoms with Crippen molar-refractivity contribution in [3.05, 3.63) is 24.3 Å². The Morgan fingerprint density at radius 2 is 2.09 bits per heavy atom. The quantitative estimate of drug-likeness (QED) is 0.563. The summed E-state index contributed by atoms with van der Waals surface area (Å²) in [4.78, 5) is 20.2. The van der Waals surface area contributed by atoms with E-state index in [9.17, 15) is 9.59 Å². The SMILES string of the molecule is C=C(CC=CC(=O)O)C(N)=O. The van der Waals surface area contributed by atoms with Gasteiger partial charge in [-0.15, -0.1) is 0 Å². The Kier molecular flexibility index (Phi) is 3.66. The highest BCUT2D eigenvalue weighted by Crippen LogP contribution is 1.96. The Balaban J connectivity index is 3.80. The summed E-state index contributed by atoms with van der Waals surface area (Å²) in [5, 5.41) is 8.13. The number of rotatable bonds is 4. The van der Waals surface area contributed by atoms with Gasteiger partial charge in [-0.2, -0.15) is 0 Å². The van der Waals surface area contributed by atoms with E-state index in [0.29, 0.717) is 0 Å². The number of carbonyl (C=O) groups excluding carboxylic acids is 1. The number of amides is 1. The van der Waals surface area contributed by atoms with E-state index in [0.717, 1.165) is 6.08 Å². The van der Waals surface area contributed by atoms with Crippen LogP contribution in [0.4, 0.5) is 0 Å². The molecule has 0 fully saturated rings. The molecule has 1 amide bonds. The van der Waals surface area contributed by atoms with Gasteiger partial charge >= 0.3 is 5.97 Å². The zero-order valence-corrected chi connectivity index (χ0v) is 5.91. The first kappa shape index (κ1) is 9.42. The van der Waals surface area contributed by atoms with E-state index >= 15 is 0 Å². The van der Waals surface area contributed by atoms with Crippen LogP contribution in [0.15, 0.2) is 24.3 Å². The van der Waals surface area contributed by atoms with Gasteiger partial charge in [-0.1, -0.05) is 12.7 Å². The lowest BCUT2D eigenvalue weighted by molar-refractivity contribution is -0.131. The highest BCUT2D eigenvalue weighted by molar-refractivity contribution is 5.91. The third kappa shape index (κ3) is 4.90. The molecule has 0 aliphatic carbocycles. The molecule has 0 aliphatic heterocycles. The summed E-state index contributed by atoms with van der Waals surface area (Å²) >= 11 is 0. The van der Waals surface area contributed by atoms with Crippen LogP contribution < -0.4 is 5.73 Å². The Morgan fingerprint density at radius 1 is 1.55 bits per heavy atom. The zero-order chi connectivity index (χ0) is 8.85. The van der Waals surface area contributed by atoms with Crippen LogP contribution in [0.25, 0.3) is 0 Å². The summed E-state index contributed by atoms with van der Waals surface area (Å²) < 4.78 is 0. The smallest absolute Gasteiger partial charge is 0.327 e. The van der Waals surface area contributed by atoms with Crippen molar-refractivity contribution in [2.75, 3.05) is 0 Å². The Morgan fingerprint density at radius 3 is 2.45 bits per heavy atom. The summed E-state index contributed by atoms with van der Waals surface area (Å²) in [7, 11) is 0. The van der Waals surface area contributed by atoms with Gasteiger partial charge in [0.15, 0.2) is 0 Å². The minimum Gasteiger partial charge on any atom is -0.478 e. The maximum absolute atomic E-state index is 10.3. The van der Waals surface area contributed by atoms with Crippen molar-refractivity contribution in [1.82, 2.24) is 0 Å². The Bertz CT molecular complexity index is 218. The highest BCUT2D eigenvalue weighted by atomic mass is 16.4. The van der Waals surface area contributed by atoms with Crippen LogP contribution in [0, 0.1) is 0 Å². The number of carbonyl (C=O) groups is 2. The van der Waals surface area contributed by atoms with Crippen molar-refractivity contribution in [1.29, 1.82) is 0 Å². The first-order chi connectivity index (χ1) is 5.04. The second-order valence-electron chi connectivity index (χ2n) is 1.91. The van der Waals surface area contributed by atoms with E-state index in [1.807, 2.05) is 0 Å². The molecule has 11 heavy (non-hydrogen) atoms. The fourth-order valence-electron chi connectivity index (χ4n) is 0.403. The fourth-order valence-corrected chi connectivity index (χ4v) is 0.403. The van der Waals surface area contributed by atoms with Crippen molar-refractivity contribution < 1.29 is 14.7 Å². The van der Waals surface area contributed by atoms with E-state index in [-0.39, 0.29) is 12.0 Å². The van der Waals surface area contributed by atoms with Gasteiger partial charge in [-0.25, -0.2) is 4.79 Å². The van der Waals surface area contributed by atoms with Crippen LogP contribution in [0.5, 0.6) is 0 Å². The van der Waals surface area contributed by atoms with Gasteiger partial charge in [-0.3, -0.25) is 4.79 Å². The van der Waals surface area contributed by atoms with Crippen LogP contribution in [-0.4, -0.2) is 17.0 Å². The molecule has 3 N–H and O–H groups in total. The number of carboxylic acid groups (broad SMARTS) is 1. The van der Waals surface area contributed by atoms with Gasteiger partial charge in [0.1, 0.15) is 0 Å². The molecule has 0 aliphatic rings. The first-order valence-corrected chi connectivity index (χ1v) is 2.91. The number of allylic oxidation sites excluding steroid dienone is 1. The number of hydrogen-bond acceptors (Lipinski definition) is 2. The largest absolute Gasteiger partial charge is 0.478 e. The Hall–Kier alpha value is -1.58. The van der Waals surface area contributed by atoms with Crippen molar-refractivity contribution in [3.8, 4) is 0 Å². The molecule has 0 atom stereocenters. The minimum absolute atomic E-state index is 0.182. The molecular weight excluding hydrogens is 146 g/mol. The predicted molar refractivity (Wildman–Crippen MR) is 39.7 cm³/mol. The molecule has 0 aromatic rings. The predicted octanol–water partition coefficient (Wildman–Crippen LogP) is 0.0588. The van der Waals surface area contributed by atoms with Crippen LogP contribution in [0.3, 0.4) is 0 Å². The van der Waals surface area contributed by atoms with Crippen LogP contribution in [0.1, 0.15) is 6.42 Å². The molecule has 0 aromatic carbocycles. The van der Waals surface area contributed by atoms with Gasteiger partial charge in [0.05, 0.1) is 0 Å². The monoisotopic (exact) mass is 155 g/mol. The second-order valence-corrected chi connectivity index (χ2v) is 1.91. The van der Waals surface area contributed by atoms with Gasteiger partial charge in [0.2, 0.25) is 5.91 Å². The summed E-state index contributed by atoms with van der Waals surface area (Å²) in [5.41, 5.74) is 5.03. The number of nitrogens with two attached hydrogens (primary N) is 1. The topological polar surface area (TPSA) is 80.4 Å². The van der Waals surface area contributed by atoms with Crippen molar-refractivity contribution in [2.24, 2.45) is 5.73 Å². The van der Waals surface area contributed by atoms with Crippen LogP contribution >= 0.6 is 0 Å². The lowest BCUT2D eigenvalue weighted by atomic mass is 10.2. The normalized spacial score (nSPS) is 9.82. The molecule has 4 nitrogen and oxygen atoms in total. The third-order valence-electron chi connectivity index (χ3n) is 0.973. The molecular formula is C7H9NO3. The summed E-state index contributed by atoms with van der Waals surface area (Å²) in [6.07, 6.45) is 2.44. The molecule has 0 saturated heterocycles. The van der Waals surface area contributed by atoms with Crippen molar-refractivity contribution in [3.63, 3.8) is 0 Å². The molecule has 0 bridgehead atoms. The van der Waals surface area contributed by atoms with Crippen molar-refractivity contribution in [2.45, 2.75) is 6.42 Å². The second kappa shape index (κ2) is 4.27. The standard InChI is InChI=1S/C7H9NO3/c1-5(7(8)11)3-2-4-6(9)10/h2,4H,1,3H2,(H2,8,11)(H,9,10). The number of aliphatic carboxylic acids is 1. The molecule has 0 saturated carbocycles. The van der Waals surface area contributed by atoms with Gasteiger partial charge in [0.25, 0.3) is 0 Å². The van der Waals surface area contributed by atoms with Crippen LogP contribution in [-0.2, 0) is 9.59 Å². The summed E-state index contributed by atoms with van der Waals surface area (Å²) in [6.45, 7) is 3.33. The van der Waals surface area contributed by atoms with E-state index in [1.165, 1.54) is 6.08 Å². The van der Waals surface area contributed by atoms with E-state index in [2.05, 4.69) is 6.58 Å². The van der Waals surface area contributed by atoms with Gasteiger partial charge in [-0.05, 0) is 6.42 Å². The lowest BCUT2D eigenvalue weighted by Crippen LogP contribution is -2.12. The van der Waals surface area contributed by atoms with E-state index in [1.54, 1.807) is 0 Å². The first-order valence-electron chi connectivity index (χ1n) is 2.91. The van der Waals surface area contributed by atoms with Crippen molar-refractivity contribution >= 4 is 11.9 Å². The minimum atomic E-state index is -1.05. The summed E-state index contributed by atoms with van der Waals surface area (Å²) in [6, 6.07) is 0. The van der Waals surface area contributed by atoms with E-state index < -0.39 is 11.9 Å².